The first-order valence-electron chi connectivity index (χ1n) is 8.83. The Bertz CT molecular complexity index is 1060. The van der Waals surface area contributed by atoms with Gasteiger partial charge in [0.15, 0.2) is 5.65 Å². The van der Waals surface area contributed by atoms with Gasteiger partial charge >= 0.3 is 0 Å². The Morgan fingerprint density at radius 1 is 1.07 bits per heavy atom. The van der Waals surface area contributed by atoms with Crippen molar-refractivity contribution < 1.29 is 4.79 Å². The zero-order valence-corrected chi connectivity index (χ0v) is 15.5. The number of hydrogen-bond acceptors (Lipinski definition) is 5. The number of carbonyl (C=O) groups is 1. The number of amides is 1. The van der Waals surface area contributed by atoms with Crippen molar-refractivity contribution in [3.8, 4) is 0 Å². The van der Waals surface area contributed by atoms with Crippen LogP contribution < -0.4 is 5.32 Å². The van der Waals surface area contributed by atoms with Gasteiger partial charge in [0.25, 0.3) is 0 Å². The molecular formula is C20H19N5OS. The van der Waals surface area contributed by atoms with E-state index in [0.29, 0.717) is 18.1 Å². The summed E-state index contributed by atoms with van der Waals surface area (Å²) >= 11 is 1.56. The van der Waals surface area contributed by atoms with Crippen LogP contribution in [-0.2, 0) is 11.3 Å². The SMILES string of the molecule is O=C(CCCSc1nc2c3ccccc3ncn2n1)NCc1ccccc1. The van der Waals surface area contributed by atoms with Crippen LogP contribution in [0, 0.1) is 0 Å². The van der Waals surface area contributed by atoms with Crippen molar-refractivity contribution in [3.63, 3.8) is 0 Å². The number of rotatable bonds is 7. The minimum atomic E-state index is 0.0672. The van der Waals surface area contributed by atoms with Crippen molar-refractivity contribution in [2.75, 3.05) is 5.75 Å². The first-order chi connectivity index (χ1) is 13.3. The second-order valence-electron chi connectivity index (χ2n) is 6.14. The fourth-order valence-electron chi connectivity index (χ4n) is 2.80. The van der Waals surface area contributed by atoms with Crippen LogP contribution >= 0.6 is 11.8 Å². The number of thioether (sulfide) groups is 1. The fraction of sp³-hybridized carbons (Fsp3) is 0.200. The molecule has 0 spiro atoms. The third kappa shape index (κ3) is 4.25. The van der Waals surface area contributed by atoms with Crippen LogP contribution in [0.15, 0.2) is 66.1 Å². The lowest BCUT2D eigenvalue weighted by molar-refractivity contribution is -0.121. The van der Waals surface area contributed by atoms with Crippen molar-refractivity contribution in [1.82, 2.24) is 24.9 Å². The summed E-state index contributed by atoms with van der Waals surface area (Å²) in [4.78, 5) is 20.9. The molecule has 4 aromatic rings. The Labute approximate surface area is 161 Å². The van der Waals surface area contributed by atoms with E-state index in [9.17, 15) is 4.79 Å². The van der Waals surface area contributed by atoms with E-state index in [1.54, 1.807) is 22.6 Å². The summed E-state index contributed by atoms with van der Waals surface area (Å²) in [5.41, 5.74) is 2.82. The van der Waals surface area contributed by atoms with Crippen molar-refractivity contribution >= 4 is 34.2 Å². The van der Waals surface area contributed by atoms with E-state index in [-0.39, 0.29) is 5.91 Å². The molecule has 7 heteroatoms. The second kappa shape index (κ2) is 8.18. The molecule has 0 aliphatic heterocycles. The Balaban J connectivity index is 1.28. The normalized spacial score (nSPS) is 11.1. The van der Waals surface area contributed by atoms with E-state index in [2.05, 4.69) is 20.4 Å². The van der Waals surface area contributed by atoms with Gasteiger partial charge in [0.1, 0.15) is 6.33 Å². The fourth-order valence-corrected chi connectivity index (χ4v) is 3.57. The first kappa shape index (κ1) is 17.5. The van der Waals surface area contributed by atoms with Gasteiger partial charge in [-0.15, -0.1) is 5.10 Å². The highest BCUT2D eigenvalue weighted by molar-refractivity contribution is 7.99. The number of aromatic nitrogens is 4. The predicted molar refractivity (Wildman–Crippen MR) is 107 cm³/mol. The molecule has 4 rings (SSSR count). The molecule has 2 aromatic heterocycles. The van der Waals surface area contributed by atoms with Gasteiger partial charge in [-0.25, -0.2) is 14.5 Å². The van der Waals surface area contributed by atoms with Gasteiger partial charge in [-0.3, -0.25) is 4.79 Å². The zero-order valence-electron chi connectivity index (χ0n) is 14.7. The summed E-state index contributed by atoms with van der Waals surface area (Å²) in [5, 5.41) is 9.10. The molecule has 0 aliphatic carbocycles. The van der Waals surface area contributed by atoms with Gasteiger partial charge in [-0.1, -0.05) is 54.2 Å². The summed E-state index contributed by atoms with van der Waals surface area (Å²) in [7, 11) is 0. The molecule has 0 fully saturated rings. The van der Waals surface area contributed by atoms with Gasteiger partial charge in [-0.2, -0.15) is 0 Å². The number of hydrogen-bond donors (Lipinski definition) is 1. The Hall–Kier alpha value is -2.93. The van der Waals surface area contributed by atoms with Crippen molar-refractivity contribution in [2.24, 2.45) is 0 Å². The number of benzene rings is 2. The van der Waals surface area contributed by atoms with Gasteiger partial charge in [0.2, 0.25) is 11.1 Å². The topological polar surface area (TPSA) is 72.2 Å². The highest BCUT2D eigenvalue weighted by atomic mass is 32.2. The molecule has 1 N–H and O–H groups in total. The number of nitrogens with zero attached hydrogens (tertiary/aromatic N) is 4. The monoisotopic (exact) mass is 377 g/mol. The number of carbonyl (C=O) groups excluding carboxylic acids is 1. The van der Waals surface area contributed by atoms with Crippen LogP contribution in [0.2, 0.25) is 0 Å². The standard InChI is InChI=1S/C20H19N5OS/c26-18(21-13-15-7-2-1-3-8-15)11-6-12-27-20-23-19-16-9-4-5-10-17(16)22-14-25(19)24-20/h1-5,7-10,14H,6,11-13H2,(H,21,26). The van der Waals surface area contributed by atoms with Crippen molar-refractivity contribution in [2.45, 2.75) is 24.5 Å². The summed E-state index contributed by atoms with van der Waals surface area (Å²) in [6.45, 7) is 0.570. The average Bonchev–Trinajstić information content (AvgIpc) is 3.14. The van der Waals surface area contributed by atoms with Crippen LogP contribution in [0.25, 0.3) is 16.6 Å². The number of nitrogens with one attached hydrogen (secondary N) is 1. The largest absolute Gasteiger partial charge is 0.352 e. The molecule has 2 heterocycles. The zero-order chi connectivity index (χ0) is 18.5. The lowest BCUT2D eigenvalue weighted by Gasteiger charge is -2.04. The molecule has 6 nitrogen and oxygen atoms in total. The predicted octanol–water partition coefficient (Wildman–Crippen LogP) is 3.47. The lowest BCUT2D eigenvalue weighted by Crippen LogP contribution is -2.22. The molecular weight excluding hydrogens is 358 g/mol. The first-order valence-corrected chi connectivity index (χ1v) is 9.82. The number of fused-ring (bicyclic) bond motifs is 3. The van der Waals surface area contributed by atoms with Crippen molar-refractivity contribution in [3.05, 3.63) is 66.5 Å². The maximum atomic E-state index is 12.0. The molecule has 0 saturated carbocycles. The quantitative estimate of drug-likeness (QED) is 0.394. The Morgan fingerprint density at radius 2 is 1.89 bits per heavy atom. The molecule has 0 bridgehead atoms. The van der Waals surface area contributed by atoms with Crippen molar-refractivity contribution in [1.29, 1.82) is 0 Å². The van der Waals surface area contributed by atoms with Crippen LogP contribution in [0.3, 0.4) is 0 Å². The minimum Gasteiger partial charge on any atom is -0.352 e. The van der Waals surface area contributed by atoms with Crippen LogP contribution in [0.5, 0.6) is 0 Å². The van der Waals surface area contributed by atoms with E-state index in [1.165, 1.54) is 0 Å². The molecule has 0 unspecified atom stereocenters. The molecule has 27 heavy (non-hydrogen) atoms. The molecule has 1 amide bonds. The molecule has 0 atom stereocenters. The van der Waals surface area contributed by atoms with E-state index >= 15 is 0 Å². The van der Waals surface area contributed by atoms with E-state index in [0.717, 1.165) is 34.3 Å². The maximum absolute atomic E-state index is 12.0. The highest BCUT2D eigenvalue weighted by Crippen LogP contribution is 2.20. The average molecular weight is 377 g/mol. The molecule has 0 saturated heterocycles. The van der Waals surface area contributed by atoms with Gasteiger partial charge < -0.3 is 5.32 Å². The number of para-hydroxylation sites is 1. The third-order valence-corrected chi connectivity index (χ3v) is 5.10. The van der Waals surface area contributed by atoms with Crippen LogP contribution in [0.4, 0.5) is 0 Å². The Kier molecular flexibility index (Phi) is 5.29. The van der Waals surface area contributed by atoms with Gasteiger partial charge in [0.05, 0.1) is 5.52 Å². The van der Waals surface area contributed by atoms with Gasteiger partial charge in [-0.05, 0) is 24.1 Å². The van der Waals surface area contributed by atoms with E-state index < -0.39 is 0 Å². The molecule has 136 valence electrons. The summed E-state index contributed by atoms with van der Waals surface area (Å²) < 4.78 is 1.71. The van der Waals surface area contributed by atoms with E-state index in [1.807, 2.05) is 54.6 Å². The lowest BCUT2D eigenvalue weighted by atomic mass is 10.2. The summed E-state index contributed by atoms with van der Waals surface area (Å²) in [5.74, 6) is 0.860. The van der Waals surface area contributed by atoms with Crippen LogP contribution in [-0.4, -0.2) is 31.2 Å². The Morgan fingerprint density at radius 3 is 2.78 bits per heavy atom. The summed E-state index contributed by atoms with van der Waals surface area (Å²) in [6, 6.07) is 17.8. The molecule has 0 radical (unpaired) electrons. The third-order valence-electron chi connectivity index (χ3n) is 4.17. The minimum absolute atomic E-state index is 0.0672. The highest BCUT2D eigenvalue weighted by Gasteiger charge is 2.09. The molecule has 2 aromatic carbocycles. The van der Waals surface area contributed by atoms with Crippen LogP contribution in [0.1, 0.15) is 18.4 Å². The smallest absolute Gasteiger partial charge is 0.220 e. The van der Waals surface area contributed by atoms with Gasteiger partial charge in [0, 0.05) is 24.1 Å². The maximum Gasteiger partial charge on any atom is 0.220 e. The van der Waals surface area contributed by atoms with E-state index in [4.69, 9.17) is 0 Å². The summed E-state index contributed by atoms with van der Waals surface area (Å²) in [6.07, 6.45) is 2.96. The second-order valence-corrected chi connectivity index (χ2v) is 7.20. The molecule has 0 aliphatic rings.